The van der Waals surface area contributed by atoms with E-state index in [1.807, 2.05) is 6.08 Å². The van der Waals surface area contributed by atoms with Gasteiger partial charge in [0.25, 0.3) is 0 Å². The van der Waals surface area contributed by atoms with Crippen molar-refractivity contribution >= 4 is 15.9 Å². The Morgan fingerprint density at radius 2 is 1.94 bits per heavy atom. The molecule has 0 spiro atoms. The molecule has 0 aromatic heterocycles. The van der Waals surface area contributed by atoms with Crippen molar-refractivity contribution in [2.45, 2.75) is 39.2 Å². The lowest BCUT2D eigenvalue weighted by atomic mass is 9.75. The molecule has 17 heavy (non-hydrogen) atoms. The first-order chi connectivity index (χ1) is 7.94. The van der Waals surface area contributed by atoms with E-state index in [0.29, 0.717) is 0 Å². The summed E-state index contributed by atoms with van der Waals surface area (Å²) >= 11 is 3.44. The molecule has 2 rings (SSSR count). The molecule has 1 atom stereocenters. The smallest absolute Gasteiger partial charge is 0.0728 e. The van der Waals surface area contributed by atoms with E-state index in [1.165, 1.54) is 11.1 Å². The van der Waals surface area contributed by atoms with Crippen LogP contribution in [0.3, 0.4) is 0 Å². The monoisotopic (exact) mass is 294 g/mol. The molecule has 0 saturated heterocycles. The van der Waals surface area contributed by atoms with Crippen LogP contribution in [0.25, 0.3) is 0 Å². The molecular weight excluding hydrogens is 276 g/mol. The van der Waals surface area contributed by atoms with Crippen LogP contribution in [-0.4, -0.2) is 11.2 Å². The molecule has 1 aliphatic carbocycles. The van der Waals surface area contributed by atoms with Crippen molar-refractivity contribution in [1.82, 2.24) is 0 Å². The molecule has 0 amide bonds. The number of hydrogen-bond acceptors (Lipinski definition) is 1. The van der Waals surface area contributed by atoms with Crippen molar-refractivity contribution in [3.8, 4) is 0 Å². The normalized spacial score (nSPS) is 23.3. The summed E-state index contributed by atoms with van der Waals surface area (Å²) in [6, 6.07) is 8.42. The maximum atomic E-state index is 9.85. The molecule has 0 radical (unpaired) electrons. The molecule has 0 fully saturated rings. The fourth-order valence-electron chi connectivity index (χ4n) is 2.63. The predicted molar refractivity (Wildman–Crippen MR) is 75.0 cm³/mol. The summed E-state index contributed by atoms with van der Waals surface area (Å²) in [6.07, 6.45) is 4.67. The van der Waals surface area contributed by atoms with E-state index in [9.17, 15) is 5.11 Å². The first-order valence-corrected chi connectivity index (χ1v) is 6.86. The van der Waals surface area contributed by atoms with E-state index < -0.39 is 0 Å². The molecule has 1 N–H and O–H groups in total. The number of hydrogen-bond donors (Lipinski definition) is 1. The molecule has 0 heterocycles. The predicted octanol–water partition coefficient (Wildman–Crippen LogP) is 4.10. The van der Waals surface area contributed by atoms with Crippen LogP contribution in [-0.2, 0) is 6.42 Å². The Morgan fingerprint density at radius 3 is 2.53 bits per heavy atom. The average molecular weight is 295 g/mol. The van der Waals surface area contributed by atoms with E-state index in [2.05, 4.69) is 54.0 Å². The van der Waals surface area contributed by atoms with E-state index in [1.54, 1.807) is 0 Å². The summed E-state index contributed by atoms with van der Waals surface area (Å²) in [5.41, 5.74) is 2.89. The van der Waals surface area contributed by atoms with Crippen LogP contribution in [0.2, 0.25) is 0 Å². The SMILES string of the molecule is CC1(C)CC(Cc2ccc(Br)cc2)=CC(O)C1. The first kappa shape index (κ1) is 12.8. The van der Waals surface area contributed by atoms with Crippen molar-refractivity contribution in [1.29, 1.82) is 0 Å². The Hall–Kier alpha value is -0.600. The zero-order chi connectivity index (χ0) is 12.5. The van der Waals surface area contributed by atoms with Gasteiger partial charge in [0.15, 0.2) is 0 Å². The van der Waals surface area contributed by atoms with Crippen molar-refractivity contribution in [2.75, 3.05) is 0 Å². The van der Waals surface area contributed by atoms with Crippen molar-refractivity contribution in [3.63, 3.8) is 0 Å². The molecule has 1 nitrogen and oxygen atoms in total. The quantitative estimate of drug-likeness (QED) is 0.814. The minimum absolute atomic E-state index is 0.221. The fraction of sp³-hybridized carbons (Fsp3) is 0.467. The van der Waals surface area contributed by atoms with Crippen LogP contribution in [0.15, 0.2) is 40.4 Å². The minimum atomic E-state index is -0.274. The van der Waals surface area contributed by atoms with E-state index >= 15 is 0 Å². The second kappa shape index (κ2) is 4.95. The van der Waals surface area contributed by atoms with Crippen molar-refractivity contribution < 1.29 is 5.11 Å². The van der Waals surface area contributed by atoms with Gasteiger partial charge < -0.3 is 5.11 Å². The number of aliphatic hydroxyl groups is 1. The van der Waals surface area contributed by atoms with Gasteiger partial charge in [-0.3, -0.25) is 0 Å². The van der Waals surface area contributed by atoms with Crippen LogP contribution in [0.4, 0.5) is 0 Å². The Kier molecular flexibility index (Phi) is 3.74. The molecule has 0 saturated carbocycles. The van der Waals surface area contributed by atoms with Gasteiger partial charge in [0.2, 0.25) is 0 Å². The van der Waals surface area contributed by atoms with Gasteiger partial charge in [0.05, 0.1) is 6.10 Å². The van der Waals surface area contributed by atoms with E-state index in [4.69, 9.17) is 0 Å². The number of allylic oxidation sites excluding steroid dienone is 1. The molecular formula is C15H19BrO. The lowest BCUT2D eigenvalue weighted by Crippen LogP contribution is -2.25. The molecule has 1 aliphatic rings. The maximum absolute atomic E-state index is 9.85. The zero-order valence-corrected chi connectivity index (χ0v) is 12.0. The van der Waals surface area contributed by atoms with Gasteiger partial charge >= 0.3 is 0 Å². The van der Waals surface area contributed by atoms with E-state index in [0.717, 1.165) is 23.7 Å². The standard InChI is InChI=1S/C15H19BrO/c1-15(2)9-12(8-14(17)10-15)7-11-3-5-13(16)6-4-11/h3-6,8,14,17H,7,9-10H2,1-2H3. The Morgan fingerprint density at radius 1 is 1.29 bits per heavy atom. The molecule has 92 valence electrons. The van der Waals surface area contributed by atoms with E-state index in [-0.39, 0.29) is 11.5 Å². The summed E-state index contributed by atoms with van der Waals surface area (Å²) in [5.74, 6) is 0. The maximum Gasteiger partial charge on any atom is 0.0728 e. The van der Waals surface area contributed by atoms with Crippen LogP contribution < -0.4 is 0 Å². The highest BCUT2D eigenvalue weighted by Gasteiger charge is 2.27. The molecule has 1 unspecified atom stereocenters. The summed E-state index contributed by atoms with van der Waals surface area (Å²) < 4.78 is 1.11. The zero-order valence-electron chi connectivity index (χ0n) is 10.4. The van der Waals surface area contributed by atoms with Crippen LogP contribution in [0.5, 0.6) is 0 Å². The topological polar surface area (TPSA) is 20.2 Å². The lowest BCUT2D eigenvalue weighted by molar-refractivity contribution is 0.138. The van der Waals surface area contributed by atoms with Crippen LogP contribution in [0, 0.1) is 5.41 Å². The fourth-order valence-corrected chi connectivity index (χ4v) is 2.89. The van der Waals surface area contributed by atoms with Gasteiger partial charge in [0.1, 0.15) is 0 Å². The highest BCUT2D eigenvalue weighted by molar-refractivity contribution is 9.10. The Bertz CT molecular complexity index is 417. The highest BCUT2D eigenvalue weighted by Crippen LogP contribution is 2.36. The third-order valence-corrected chi connectivity index (χ3v) is 3.77. The molecule has 1 aromatic carbocycles. The molecule has 0 aliphatic heterocycles. The second-order valence-electron chi connectivity index (χ2n) is 5.74. The number of rotatable bonds is 2. The Labute approximate surface area is 112 Å². The number of halogens is 1. The summed E-state index contributed by atoms with van der Waals surface area (Å²) in [7, 11) is 0. The third kappa shape index (κ3) is 3.68. The Balaban J connectivity index is 2.11. The lowest BCUT2D eigenvalue weighted by Gasteiger charge is -2.32. The van der Waals surface area contributed by atoms with Crippen molar-refractivity contribution in [2.24, 2.45) is 5.41 Å². The minimum Gasteiger partial charge on any atom is -0.389 e. The van der Waals surface area contributed by atoms with Crippen molar-refractivity contribution in [3.05, 3.63) is 46.0 Å². The van der Waals surface area contributed by atoms with Gasteiger partial charge in [-0.2, -0.15) is 0 Å². The second-order valence-corrected chi connectivity index (χ2v) is 6.66. The van der Waals surface area contributed by atoms with Gasteiger partial charge in [0, 0.05) is 4.47 Å². The molecule has 0 bridgehead atoms. The average Bonchev–Trinajstić information content (AvgIpc) is 2.18. The van der Waals surface area contributed by atoms with Gasteiger partial charge in [-0.1, -0.05) is 53.6 Å². The number of aliphatic hydroxyl groups excluding tert-OH is 1. The van der Waals surface area contributed by atoms with Gasteiger partial charge in [-0.15, -0.1) is 0 Å². The third-order valence-electron chi connectivity index (χ3n) is 3.24. The van der Waals surface area contributed by atoms with Gasteiger partial charge in [-0.25, -0.2) is 0 Å². The largest absolute Gasteiger partial charge is 0.389 e. The molecule has 1 aromatic rings. The highest BCUT2D eigenvalue weighted by atomic mass is 79.9. The first-order valence-electron chi connectivity index (χ1n) is 6.07. The summed E-state index contributed by atoms with van der Waals surface area (Å²) in [4.78, 5) is 0. The van der Waals surface area contributed by atoms with Crippen LogP contribution >= 0.6 is 15.9 Å². The van der Waals surface area contributed by atoms with Gasteiger partial charge in [-0.05, 0) is 42.4 Å². The molecule has 2 heteroatoms. The van der Waals surface area contributed by atoms with Crippen LogP contribution in [0.1, 0.15) is 32.3 Å². The number of benzene rings is 1. The summed E-state index contributed by atoms with van der Waals surface area (Å²) in [6.45, 7) is 4.45. The summed E-state index contributed by atoms with van der Waals surface area (Å²) in [5, 5.41) is 9.85.